The quantitative estimate of drug-likeness (QED) is 0.345. The summed E-state index contributed by atoms with van der Waals surface area (Å²) in [5.41, 5.74) is 1.10. The maximum absolute atomic E-state index is 12.1. The van der Waals surface area contributed by atoms with Gasteiger partial charge in [0, 0.05) is 40.3 Å². The first-order chi connectivity index (χ1) is 14.1. The Bertz CT molecular complexity index is 803. The highest BCUT2D eigenvalue weighted by Gasteiger charge is 2.21. The largest absolute Gasteiger partial charge is 0.497 e. The van der Waals surface area contributed by atoms with Gasteiger partial charge in [0.2, 0.25) is 5.91 Å². The first kappa shape index (κ1) is 24.3. The highest BCUT2D eigenvalue weighted by atomic mass is 127. The molecule has 1 fully saturated rings. The zero-order valence-corrected chi connectivity index (χ0v) is 20.9. The predicted octanol–water partition coefficient (Wildman–Crippen LogP) is 2.73. The van der Waals surface area contributed by atoms with Crippen LogP contribution in [0.4, 0.5) is 5.00 Å². The van der Waals surface area contributed by atoms with Crippen molar-refractivity contribution in [3.05, 3.63) is 47.3 Å². The molecular formula is C21H30IN5O2S. The van der Waals surface area contributed by atoms with Gasteiger partial charge < -0.3 is 24.8 Å². The number of hydrogen-bond acceptors (Lipinski definition) is 5. The molecule has 2 heterocycles. The summed E-state index contributed by atoms with van der Waals surface area (Å²) < 4.78 is 5.22. The van der Waals surface area contributed by atoms with E-state index >= 15 is 0 Å². The van der Waals surface area contributed by atoms with E-state index in [0.717, 1.165) is 43.5 Å². The van der Waals surface area contributed by atoms with Crippen molar-refractivity contribution in [3.63, 3.8) is 0 Å². The number of benzene rings is 1. The number of hydrogen-bond donors (Lipinski definition) is 1. The lowest BCUT2D eigenvalue weighted by Crippen LogP contribution is -2.53. The fraction of sp³-hybridized carbons (Fsp3) is 0.429. The van der Waals surface area contributed by atoms with Crippen LogP contribution < -0.4 is 15.0 Å². The third-order valence-electron chi connectivity index (χ3n) is 4.86. The zero-order chi connectivity index (χ0) is 20.6. The Hall–Kier alpha value is -2.01. The second-order valence-corrected chi connectivity index (χ2v) is 7.98. The Kier molecular flexibility index (Phi) is 9.70. The van der Waals surface area contributed by atoms with Gasteiger partial charge in [-0.05, 0) is 35.2 Å². The number of amides is 1. The van der Waals surface area contributed by atoms with Gasteiger partial charge in [0.25, 0.3) is 0 Å². The summed E-state index contributed by atoms with van der Waals surface area (Å²) in [6.07, 6.45) is 0. The Morgan fingerprint density at radius 1 is 1.17 bits per heavy atom. The first-order valence-electron chi connectivity index (χ1n) is 9.71. The van der Waals surface area contributed by atoms with E-state index < -0.39 is 0 Å². The summed E-state index contributed by atoms with van der Waals surface area (Å²) in [6.45, 7) is 4.38. The van der Waals surface area contributed by atoms with E-state index in [1.807, 2.05) is 24.3 Å². The maximum Gasteiger partial charge on any atom is 0.241 e. The minimum Gasteiger partial charge on any atom is -0.497 e. The lowest BCUT2D eigenvalue weighted by molar-refractivity contribution is -0.127. The lowest BCUT2D eigenvalue weighted by Gasteiger charge is -2.37. The molecule has 1 aliphatic heterocycles. The van der Waals surface area contributed by atoms with Crippen LogP contribution in [0, 0.1) is 0 Å². The molecule has 0 bridgehead atoms. The van der Waals surface area contributed by atoms with Gasteiger partial charge in [0.05, 0.1) is 25.2 Å². The second kappa shape index (κ2) is 12.0. The van der Waals surface area contributed by atoms with Crippen LogP contribution >= 0.6 is 35.3 Å². The van der Waals surface area contributed by atoms with Crippen molar-refractivity contribution in [1.29, 1.82) is 0 Å². The van der Waals surface area contributed by atoms with E-state index in [9.17, 15) is 4.79 Å². The minimum atomic E-state index is 0. The highest BCUT2D eigenvalue weighted by Crippen LogP contribution is 2.22. The molecule has 9 heteroatoms. The number of methoxy groups -OCH3 is 1. The normalized spacial score (nSPS) is 14.2. The highest BCUT2D eigenvalue weighted by molar-refractivity contribution is 14.0. The number of nitrogens with zero attached hydrogens (tertiary/aromatic N) is 4. The van der Waals surface area contributed by atoms with Crippen LogP contribution in [0.15, 0.2) is 46.8 Å². The van der Waals surface area contributed by atoms with Crippen molar-refractivity contribution >= 4 is 52.2 Å². The van der Waals surface area contributed by atoms with Crippen molar-refractivity contribution in [2.75, 3.05) is 58.8 Å². The molecule has 1 aliphatic rings. The van der Waals surface area contributed by atoms with Crippen LogP contribution in [0.1, 0.15) is 5.56 Å². The number of thiophene rings is 1. The molecule has 0 aliphatic carbocycles. The maximum atomic E-state index is 12.1. The molecule has 3 rings (SSSR count). The van der Waals surface area contributed by atoms with Crippen molar-refractivity contribution < 1.29 is 9.53 Å². The number of carbonyl (C=O) groups excluding carboxylic acids is 1. The predicted molar refractivity (Wildman–Crippen MR) is 134 cm³/mol. The van der Waals surface area contributed by atoms with Crippen LogP contribution in [0.25, 0.3) is 0 Å². The molecule has 30 heavy (non-hydrogen) atoms. The average Bonchev–Trinajstić information content (AvgIpc) is 3.29. The molecule has 0 radical (unpaired) electrons. The van der Waals surface area contributed by atoms with Gasteiger partial charge in [0.1, 0.15) is 5.75 Å². The molecule has 1 N–H and O–H groups in total. The van der Waals surface area contributed by atoms with E-state index in [4.69, 9.17) is 9.73 Å². The number of halogens is 1. The standard InChI is InChI=1S/C21H29N5O2S.HI/c1-24(2)19(27)16-23-21(22-15-17-6-8-18(28-3)9-7-17)26-12-10-25(11-13-26)20-5-4-14-29-20;/h4-9,14H,10-13,15-16H2,1-3H3,(H,22,23);1H. The van der Waals surface area contributed by atoms with Gasteiger partial charge in [-0.25, -0.2) is 4.99 Å². The summed E-state index contributed by atoms with van der Waals surface area (Å²) in [6, 6.07) is 12.1. The number of carbonyl (C=O) groups is 1. The van der Waals surface area contributed by atoms with E-state index in [2.05, 4.69) is 32.6 Å². The first-order valence-corrected chi connectivity index (χ1v) is 10.6. The smallest absolute Gasteiger partial charge is 0.241 e. The van der Waals surface area contributed by atoms with E-state index in [1.54, 1.807) is 37.4 Å². The number of guanidine groups is 1. The van der Waals surface area contributed by atoms with Crippen molar-refractivity contribution in [3.8, 4) is 5.75 Å². The SMILES string of the molecule is COc1ccc(CN=C(NCC(=O)N(C)C)N2CCN(c3cccs3)CC2)cc1.I. The molecule has 164 valence electrons. The van der Waals surface area contributed by atoms with Gasteiger partial charge >= 0.3 is 0 Å². The number of piperazine rings is 1. The summed E-state index contributed by atoms with van der Waals surface area (Å²) in [5, 5.41) is 6.67. The Morgan fingerprint density at radius 2 is 1.87 bits per heavy atom. The van der Waals surface area contributed by atoms with E-state index in [1.165, 1.54) is 5.00 Å². The van der Waals surface area contributed by atoms with Crippen LogP contribution in [-0.4, -0.2) is 75.6 Å². The molecule has 0 spiro atoms. The van der Waals surface area contributed by atoms with Gasteiger partial charge in [-0.15, -0.1) is 35.3 Å². The van der Waals surface area contributed by atoms with Crippen LogP contribution in [-0.2, 0) is 11.3 Å². The van der Waals surface area contributed by atoms with Gasteiger partial charge in [-0.3, -0.25) is 4.79 Å². The molecule has 2 aromatic rings. The van der Waals surface area contributed by atoms with Gasteiger partial charge in [-0.2, -0.15) is 0 Å². The third-order valence-corrected chi connectivity index (χ3v) is 5.79. The number of rotatable bonds is 6. The zero-order valence-electron chi connectivity index (χ0n) is 17.7. The van der Waals surface area contributed by atoms with E-state index in [0.29, 0.717) is 6.54 Å². The summed E-state index contributed by atoms with van der Waals surface area (Å²) >= 11 is 1.77. The van der Waals surface area contributed by atoms with Crippen molar-refractivity contribution in [1.82, 2.24) is 15.1 Å². The fourth-order valence-corrected chi connectivity index (χ4v) is 3.85. The number of likely N-dealkylation sites (N-methyl/N-ethyl adjacent to an activating group) is 1. The summed E-state index contributed by atoms with van der Waals surface area (Å²) in [5.74, 6) is 1.64. The Morgan fingerprint density at radius 3 is 2.43 bits per heavy atom. The molecule has 1 saturated heterocycles. The summed E-state index contributed by atoms with van der Waals surface area (Å²) in [7, 11) is 5.18. The van der Waals surface area contributed by atoms with Crippen molar-refractivity contribution in [2.45, 2.75) is 6.54 Å². The average molecular weight is 543 g/mol. The molecule has 0 saturated carbocycles. The van der Waals surface area contributed by atoms with Crippen molar-refractivity contribution in [2.24, 2.45) is 4.99 Å². The number of aliphatic imine (C=N–C) groups is 1. The van der Waals surface area contributed by atoms with Crippen LogP contribution in [0.3, 0.4) is 0 Å². The molecule has 0 unspecified atom stereocenters. The third kappa shape index (κ3) is 6.76. The molecule has 0 atom stereocenters. The number of ether oxygens (including phenoxy) is 1. The minimum absolute atomic E-state index is 0. The Labute approximate surface area is 199 Å². The van der Waals surface area contributed by atoms with Gasteiger partial charge in [0.15, 0.2) is 5.96 Å². The number of anilines is 1. The monoisotopic (exact) mass is 543 g/mol. The Balaban J connectivity index is 0.00000320. The van der Waals surface area contributed by atoms with Crippen LogP contribution in [0.5, 0.6) is 5.75 Å². The van der Waals surface area contributed by atoms with Gasteiger partial charge in [-0.1, -0.05) is 12.1 Å². The lowest BCUT2D eigenvalue weighted by atomic mass is 10.2. The fourth-order valence-electron chi connectivity index (χ4n) is 3.07. The molecule has 1 amide bonds. The molecule has 1 aromatic carbocycles. The van der Waals surface area contributed by atoms with E-state index in [-0.39, 0.29) is 36.4 Å². The second-order valence-electron chi connectivity index (χ2n) is 7.06. The van der Waals surface area contributed by atoms with Crippen LogP contribution in [0.2, 0.25) is 0 Å². The molecule has 7 nitrogen and oxygen atoms in total. The number of nitrogens with one attached hydrogen (secondary N) is 1. The molecular weight excluding hydrogens is 513 g/mol. The molecule has 1 aromatic heterocycles. The topological polar surface area (TPSA) is 60.4 Å². The summed E-state index contributed by atoms with van der Waals surface area (Å²) in [4.78, 5) is 23.1.